The highest BCUT2D eigenvalue weighted by atomic mass is 79.9. The van der Waals surface area contributed by atoms with Crippen molar-refractivity contribution in [1.29, 1.82) is 0 Å². The second kappa shape index (κ2) is 19.5. The molecule has 4 aromatic heterocycles. The second-order valence-corrected chi connectivity index (χ2v) is 16.8. The molecule has 0 aliphatic rings. The molecule has 0 atom stereocenters. The van der Waals surface area contributed by atoms with Crippen molar-refractivity contribution in [1.82, 2.24) is 19.9 Å². The van der Waals surface area contributed by atoms with Gasteiger partial charge >= 0.3 is 0 Å². The van der Waals surface area contributed by atoms with E-state index >= 15 is 0 Å². The molecule has 0 spiro atoms. The molecule has 11 nitrogen and oxygen atoms in total. The summed E-state index contributed by atoms with van der Waals surface area (Å²) in [6, 6.07) is 42.8. The van der Waals surface area contributed by atoms with Gasteiger partial charge in [0.2, 0.25) is 0 Å². The van der Waals surface area contributed by atoms with E-state index in [-0.39, 0.29) is 0 Å². The molecule has 0 saturated heterocycles. The Kier molecular flexibility index (Phi) is 13.0. The predicted octanol–water partition coefficient (Wildman–Crippen LogP) is 12.3. The van der Waals surface area contributed by atoms with Crippen LogP contribution >= 0.6 is 38.6 Å². The van der Waals surface area contributed by atoms with Gasteiger partial charge in [-0.05, 0) is 93.3 Å². The van der Waals surface area contributed by atoms with Gasteiger partial charge in [0.25, 0.3) is 0 Å². The van der Waals surface area contributed by atoms with Gasteiger partial charge in [0, 0.05) is 33.9 Å². The third-order valence-corrected chi connectivity index (χ3v) is 12.1. The number of aromatic nitrogens is 4. The molecule has 0 fully saturated rings. The van der Waals surface area contributed by atoms with Gasteiger partial charge < -0.3 is 29.6 Å². The molecule has 304 valence electrons. The first kappa shape index (κ1) is 40.9. The molecule has 2 N–H and O–H groups in total. The fourth-order valence-electron chi connectivity index (χ4n) is 6.10. The molecule has 0 saturated carbocycles. The fourth-order valence-corrected chi connectivity index (χ4v) is 8.65. The highest BCUT2D eigenvalue weighted by Gasteiger charge is 2.12. The van der Waals surface area contributed by atoms with Crippen LogP contribution in [0.1, 0.15) is 21.5 Å². The lowest BCUT2D eigenvalue weighted by Gasteiger charge is -2.10. The zero-order valence-corrected chi connectivity index (χ0v) is 36.1. The number of rotatable bonds is 14. The molecule has 9 rings (SSSR count). The summed E-state index contributed by atoms with van der Waals surface area (Å²) >= 11 is 6.71. The van der Waals surface area contributed by atoms with Gasteiger partial charge in [-0.15, -0.1) is 22.7 Å². The molecular formula is C47H37BrN6O5S2. The first-order valence-electron chi connectivity index (χ1n) is 18.9. The zero-order chi connectivity index (χ0) is 42.0. The SMILES string of the molecule is COc1ccc(COc2cccc(Nc3ncnc4cc(-c5ccc(C=O)cc5)sc34)c2)cc1.COc1ccc(COc2cccc(Nc3ncnc4cc(Br)sc34)c2)cc1. The van der Waals surface area contributed by atoms with Crippen molar-refractivity contribution in [2.75, 3.05) is 24.9 Å². The van der Waals surface area contributed by atoms with E-state index in [1.54, 1.807) is 49.5 Å². The van der Waals surface area contributed by atoms with Crippen molar-refractivity contribution in [2.45, 2.75) is 13.2 Å². The normalized spacial score (nSPS) is 10.7. The van der Waals surface area contributed by atoms with E-state index in [1.807, 2.05) is 133 Å². The van der Waals surface area contributed by atoms with E-state index in [1.165, 1.54) is 0 Å². The number of carbonyl (C=O) groups is 1. The number of thiophene rings is 2. The van der Waals surface area contributed by atoms with Crippen molar-refractivity contribution in [2.24, 2.45) is 0 Å². The molecule has 0 aliphatic heterocycles. The number of anilines is 4. The minimum Gasteiger partial charge on any atom is -0.497 e. The van der Waals surface area contributed by atoms with Crippen LogP contribution < -0.4 is 29.6 Å². The van der Waals surface area contributed by atoms with Gasteiger partial charge in [0.15, 0.2) is 11.6 Å². The van der Waals surface area contributed by atoms with Crippen LogP contribution in [0.2, 0.25) is 0 Å². The standard InChI is InChI=1S/C27H21N3O3S.C20H16BrN3O2S/c1-32-22-11-7-19(8-12-22)16-33-23-4-2-3-21(13-23)30-27-26-24(28-17-29-27)14-25(34-26)20-9-5-18(15-31)6-10-20;1-25-15-7-5-13(6-8-15)11-26-16-4-2-3-14(9-16)24-20-19-17(22-12-23-20)10-18(21)27-19/h2-15,17H,16H2,1H3,(H,28,29,30);2-10,12H,11H2,1H3,(H,22,23,24). The number of nitrogens with one attached hydrogen (secondary N) is 2. The van der Waals surface area contributed by atoms with E-state index < -0.39 is 0 Å². The number of methoxy groups -OCH3 is 2. The molecule has 0 radical (unpaired) electrons. The van der Waals surface area contributed by atoms with E-state index in [9.17, 15) is 4.79 Å². The minimum absolute atomic E-state index is 0.461. The molecule has 0 aliphatic carbocycles. The Morgan fingerprint density at radius 1 is 0.574 bits per heavy atom. The summed E-state index contributed by atoms with van der Waals surface area (Å²) in [7, 11) is 3.31. The van der Waals surface area contributed by atoms with E-state index in [4.69, 9.17) is 18.9 Å². The van der Waals surface area contributed by atoms with Crippen LogP contribution in [0.3, 0.4) is 0 Å². The Morgan fingerprint density at radius 2 is 1.08 bits per heavy atom. The maximum Gasteiger partial charge on any atom is 0.151 e. The van der Waals surface area contributed by atoms with Crippen LogP contribution in [0.15, 0.2) is 150 Å². The summed E-state index contributed by atoms with van der Waals surface area (Å²) in [4.78, 5) is 29.6. The lowest BCUT2D eigenvalue weighted by molar-refractivity contribution is 0.112. The summed E-state index contributed by atoms with van der Waals surface area (Å²) in [5.41, 5.74) is 7.39. The van der Waals surface area contributed by atoms with Crippen LogP contribution in [0.5, 0.6) is 23.0 Å². The van der Waals surface area contributed by atoms with E-state index in [2.05, 4.69) is 46.5 Å². The number of benzene rings is 5. The topological polar surface area (TPSA) is 130 Å². The Labute approximate surface area is 368 Å². The summed E-state index contributed by atoms with van der Waals surface area (Å²) < 4.78 is 25.3. The van der Waals surface area contributed by atoms with Crippen molar-refractivity contribution < 1.29 is 23.7 Å². The highest BCUT2D eigenvalue weighted by molar-refractivity contribution is 9.11. The summed E-state index contributed by atoms with van der Waals surface area (Å²) in [6.45, 7) is 0.950. The van der Waals surface area contributed by atoms with E-state index in [0.29, 0.717) is 18.8 Å². The number of hydrogen-bond donors (Lipinski definition) is 2. The molecular weight excluding hydrogens is 873 g/mol. The van der Waals surface area contributed by atoms with Gasteiger partial charge in [-0.2, -0.15) is 0 Å². The van der Waals surface area contributed by atoms with Crippen molar-refractivity contribution in [3.8, 4) is 33.4 Å². The molecule has 61 heavy (non-hydrogen) atoms. The number of halogens is 1. The van der Waals surface area contributed by atoms with Crippen LogP contribution in [-0.4, -0.2) is 40.4 Å². The summed E-state index contributed by atoms with van der Waals surface area (Å²) in [5, 5.41) is 6.76. The number of aldehydes is 1. The molecule has 0 amide bonds. The average Bonchev–Trinajstić information content (AvgIpc) is 3.93. The van der Waals surface area contributed by atoms with Crippen LogP contribution in [0.4, 0.5) is 23.0 Å². The summed E-state index contributed by atoms with van der Waals surface area (Å²) in [6.07, 6.45) is 3.96. The lowest BCUT2D eigenvalue weighted by Crippen LogP contribution is -1.97. The minimum atomic E-state index is 0.461. The largest absolute Gasteiger partial charge is 0.497 e. The quantitative estimate of drug-likeness (QED) is 0.101. The van der Waals surface area contributed by atoms with Gasteiger partial charge in [-0.3, -0.25) is 4.79 Å². The van der Waals surface area contributed by atoms with Crippen molar-refractivity contribution in [3.63, 3.8) is 0 Å². The van der Waals surface area contributed by atoms with Gasteiger partial charge in [-0.25, -0.2) is 19.9 Å². The maximum atomic E-state index is 10.9. The number of ether oxygens (including phenoxy) is 4. The van der Waals surface area contributed by atoms with Crippen LogP contribution in [-0.2, 0) is 13.2 Å². The first-order valence-corrected chi connectivity index (χ1v) is 21.3. The fraction of sp³-hybridized carbons (Fsp3) is 0.0851. The Balaban J connectivity index is 0.000000173. The molecule has 4 heterocycles. The maximum absolute atomic E-state index is 10.9. The van der Waals surface area contributed by atoms with Gasteiger partial charge in [0.05, 0.1) is 38.4 Å². The number of hydrogen-bond acceptors (Lipinski definition) is 13. The molecule has 5 aromatic carbocycles. The monoisotopic (exact) mass is 908 g/mol. The molecule has 14 heteroatoms. The summed E-state index contributed by atoms with van der Waals surface area (Å²) in [5.74, 6) is 4.71. The Hall–Kier alpha value is -6.87. The first-order chi connectivity index (χ1) is 29.9. The molecule has 0 unspecified atom stereocenters. The second-order valence-electron chi connectivity index (χ2n) is 13.4. The zero-order valence-electron chi connectivity index (χ0n) is 32.9. The van der Waals surface area contributed by atoms with E-state index in [0.717, 1.165) is 98.1 Å². The van der Waals surface area contributed by atoms with Gasteiger partial charge in [-0.1, -0.05) is 60.7 Å². The van der Waals surface area contributed by atoms with Crippen molar-refractivity contribution in [3.05, 3.63) is 167 Å². The third-order valence-electron chi connectivity index (χ3n) is 9.25. The number of nitrogens with zero attached hydrogens (tertiary/aromatic N) is 4. The molecule has 9 aromatic rings. The number of carbonyl (C=O) groups excluding carboxylic acids is 1. The lowest BCUT2D eigenvalue weighted by atomic mass is 10.1. The smallest absolute Gasteiger partial charge is 0.151 e. The Morgan fingerprint density at radius 3 is 1.59 bits per heavy atom. The van der Waals surface area contributed by atoms with Crippen LogP contribution in [0.25, 0.3) is 30.9 Å². The average molecular weight is 910 g/mol. The Bertz CT molecular complexity index is 2890. The number of fused-ring (bicyclic) bond motifs is 2. The molecule has 0 bridgehead atoms. The van der Waals surface area contributed by atoms with Crippen LogP contribution in [0, 0.1) is 0 Å². The predicted molar refractivity (Wildman–Crippen MR) is 247 cm³/mol. The van der Waals surface area contributed by atoms with Gasteiger partial charge in [0.1, 0.15) is 55.2 Å². The third kappa shape index (κ3) is 10.5. The van der Waals surface area contributed by atoms with Crippen molar-refractivity contribution >= 4 is 88.3 Å². The highest BCUT2D eigenvalue weighted by Crippen LogP contribution is 2.37.